The van der Waals surface area contributed by atoms with Crippen LogP contribution in [0.5, 0.6) is 0 Å². The average Bonchev–Trinajstić information content (AvgIpc) is 3.10. The number of hydrogen-bond acceptors (Lipinski definition) is 4. The highest BCUT2D eigenvalue weighted by Gasteiger charge is 2.19. The Bertz CT molecular complexity index is 981. The third kappa shape index (κ3) is 5.51. The van der Waals surface area contributed by atoms with Gasteiger partial charge in [-0.3, -0.25) is 4.79 Å². The van der Waals surface area contributed by atoms with Gasteiger partial charge in [0, 0.05) is 37.4 Å². The van der Waals surface area contributed by atoms with Gasteiger partial charge in [0.15, 0.2) is 11.6 Å². The van der Waals surface area contributed by atoms with Crippen LogP contribution in [0.25, 0.3) is 0 Å². The van der Waals surface area contributed by atoms with Crippen molar-refractivity contribution in [3.63, 3.8) is 0 Å². The molecule has 0 aliphatic carbocycles. The number of halogens is 2. The van der Waals surface area contributed by atoms with Crippen LogP contribution in [0.4, 0.5) is 20.2 Å². The minimum Gasteiger partial charge on any atom is -0.371 e. The molecule has 1 aliphatic rings. The number of anilines is 2. The van der Waals surface area contributed by atoms with Crippen LogP contribution < -0.4 is 14.9 Å². The summed E-state index contributed by atoms with van der Waals surface area (Å²) in [5.41, 5.74) is 1.72. The molecule has 6 nitrogen and oxygen atoms in total. The van der Waals surface area contributed by atoms with E-state index in [1.165, 1.54) is 6.42 Å². The molecule has 1 heterocycles. The summed E-state index contributed by atoms with van der Waals surface area (Å²) in [7, 11) is -4.03. The number of carbonyl (C=O) groups excluding carboxylic acids is 1. The Kier molecular flexibility index (Phi) is 6.49. The van der Waals surface area contributed by atoms with Gasteiger partial charge < -0.3 is 10.2 Å². The number of nitrogens with zero attached hydrogens (tertiary/aromatic N) is 1. The van der Waals surface area contributed by atoms with Gasteiger partial charge in [-0.25, -0.2) is 21.9 Å². The maximum absolute atomic E-state index is 13.2. The van der Waals surface area contributed by atoms with E-state index in [0.29, 0.717) is 17.7 Å². The van der Waals surface area contributed by atoms with E-state index in [1.54, 1.807) is 0 Å². The number of nitrogens with one attached hydrogen (secondary N) is 2. The second kappa shape index (κ2) is 8.87. The zero-order valence-electron chi connectivity index (χ0n) is 16.0. The number of hydrogen-bond donors (Lipinski definition) is 2. The van der Waals surface area contributed by atoms with Crippen molar-refractivity contribution in [2.75, 3.05) is 29.9 Å². The molecule has 3 rings (SSSR count). The Hall–Kier alpha value is -2.52. The van der Waals surface area contributed by atoms with Crippen LogP contribution in [0.2, 0.25) is 0 Å². The predicted molar refractivity (Wildman–Crippen MR) is 107 cm³/mol. The van der Waals surface area contributed by atoms with Gasteiger partial charge in [0.25, 0.3) is 0 Å². The Morgan fingerprint density at radius 1 is 1.14 bits per heavy atom. The molecule has 0 bridgehead atoms. The summed E-state index contributed by atoms with van der Waals surface area (Å²) in [6.45, 7) is 4.08. The molecule has 0 aromatic heterocycles. The van der Waals surface area contributed by atoms with E-state index in [1.807, 2.05) is 24.3 Å². The first-order valence-electron chi connectivity index (χ1n) is 9.34. The maximum atomic E-state index is 13.2. The van der Waals surface area contributed by atoms with Crippen molar-refractivity contribution in [3.8, 4) is 0 Å². The molecule has 2 aromatic carbocycles. The van der Waals surface area contributed by atoms with E-state index in [2.05, 4.69) is 21.9 Å². The molecule has 1 aliphatic heterocycles. The van der Waals surface area contributed by atoms with Crippen LogP contribution in [0.3, 0.4) is 0 Å². The standard InChI is InChI=1S/C20H23F2N3O3S/c1-14-9-11-25(13-14)16-4-2-15(3-5-16)24-20(26)8-10-23-29(27,28)17-6-7-18(21)19(22)12-17/h2-7,12,14,23H,8-11,13H2,1H3,(H,24,26). The van der Waals surface area contributed by atoms with E-state index in [9.17, 15) is 22.0 Å². The number of rotatable bonds is 7. The first-order chi connectivity index (χ1) is 13.7. The largest absolute Gasteiger partial charge is 0.371 e. The molecule has 1 amide bonds. The number of sulfonamides is 1. The monoisotopic (exact) mass is 423 g/mol. The highest BCUT2D eigenvalue weighted by Crippen LogP contribution is 2.24. The zero-order valence-corrected chi connectivity index (χ0v) is 16.8. The fourth-order valence-electron chi connectivity index (χ4n) is 3.17. The average molecular weight is 423 g/mol. The molecule has 2 aromatic rings. The predicted octanol–water partition coefficient (Wildman–Crippen LogP) is 3.12. The summed E-state index contributed by atoms with van der Waals surface area (Å²) in [5, 5.41) is 2.71. The smallest absolute Gasteiger partial charge is 0.240 e. The molecule has 2 N–H and O–H groups in total. The third-order valence-corrected chi connectivity index (χ3v) is 6.24. The number of carbonyl (C=O) groups is 1. The summed E-state index contributed by atoms with van der Waals surface area (Å²) >= 11 is 0. The fraction of sp³-hybridized carbons (Fsp3) is 0.350. The summed E-state index contributed by atoms with van der Waals surface area (Å²) < 4.78 is 52.5. The molecule has 1 fully saturated rings. The second-order valence-electron chi connectivity index (χ2n) is 7.16. The highest BCUT2D eigenvalue weighted by atomic mass is 32.2. The third-order valence-electron chi connectivity index (χ3n) is 4.79. The van der Waals surface area contributed by atoms with Crippen molar-refractivity contribution in [2.45, 2.75) is 24.7 Å². The molecule has 9 heteroatoms. The Morgan fingerprint density at radius 2 is 1.86 bits per heavy atom. The topological polar surface area (TPSA) is 78.5 Å². The molecule has 0 saturated carbocycles. The van der Waals surface area contributed by atoms with E-state index >= 15 is 0 Å². The van der Waals surface area contributed by atoms with Crippen molar-refractivity contribution < 1.29 is 22.0 Å². The fourth-order valence-corrected chi connectivity index (χ4v) is 4.22. The van der Waals surface area contributed by atoms with Gasteiger partial charge in [-0.2, -0.15) is 0 Å². The van der Waals surface area contributed by atoms with Gasteiger partial charge in [-0.05, 0) is 54.8 Å². The van der Waals surface area contributed by atoms with Crippen LogP contribution in [0, 0.1) is 17.6 Å². The highest BCUT2D eigenvalue weighted by molar-refractivity contribution is 7.89. The summed E-state index contributed by atoms with van der Waals surface area (Å²) in [6.07, 6.45) is 1.06. The summed E-state index contributed by atoms with van der Waals surface area (Å²) in [4.78, 5) is 13.9. The number of benzene rings is 2. The van der Waals surface area contributed by atoms with Crippen LogP contribution in [-0.4, -0.2) is 34.0 Å². The van der Waals surface area contributed by atoms with Crippen LogP contribution in [-0.2, 0) is 14.8 Å². The normalized spacial score (nSPS) is 16.8. The van der Waals surface area contributed by atoms with Crippen molar-refractivity contribution in [1.29, 1.82) is 0 Å². The van der Waals surface area contributed by atoms with Crippen molar-refractivity contribution in [1.82, 2.24) is 4.72 Å². The molecule has 1 atom stereocenters. The molecule has 29 heavy (non-hydrogen) atoms. The summed E-state index contributed by atoms with van der Waals surface area (Å²) in [5.74, 6) is -2.07. The minimum atomic E-state index is -4.03. The molecule has 0 spiro atoms. The van der Waals surface area contributed by atoms with Crippen LogP contribution in [0.15, 0.2) is 47.4 Å². The van der Waals surface area contributed by atoms with Gasteiger partial charge in [0.2, 0.25) is 15.9 Å². The Morgan fingerprint density at radius 3 is 2.48 bits per heavy atom. The van der Waals surface area contributed by atoms with E-state index in [0.717, 1.165) is 30.9 Å². The first-order valence-corrected chi connectivity index (χ1v) is 10.8. The van der Waals surface area contributed by atoms with Crippen LogP contribution >= 0.6 is 0 Å². The van der Waals surface area contributed by atoms with E-state index < -0.39 is 26.6 Å². The van der Waals surface area contributed by atoms with Crippen molar-refractivity contribution in [3.05, 3.63) is 54.1 Å². The van der Waals surface area contributed by atoms with Gasteiger partial charge in [-0.15, -0.1) is 0 Å². The summed E-state index contributed by atoms with van der Waals surface area (Å²) in [6, 6.07) is 9.80. The quantitative estimate of drug-likeness (QED) is 0.717. The van der Waals surface area contributed by atoms with Crippen LogP contribution in [0.1, 0.15) is 19.8 Å². The van der Waals surface area contributed by atoms with Crippen molar-refractivity contribution in [2.24, 2.45) is 5.92 Å². The Balaban J connectivity index is 1.49. The van der Waals surface area contributed by atoms with E-state index in [4.69, 9.17) is 0 Å². The lowest BCUT2D eigenvalue weighted by Crippen LogP contribution is -2.28. The molecular weight excluding hydrogens is 400 g/mol. The van der Waals surface area contributed by atoms with Gasteiger partial charge in [0.05, 0.1) is 4.90 Å². The van der Waals surface area contributed by atoms with E-state index in [-0.39, 0.29) is 18.9 Å². The number of amides is 1. The minimum absolute atomic E-state index is 0.103. The van der Waals surface area contributed by atoms with Gasteiger partial charge in [-0.1, -0.05) is 6.92 Å². The Labute approximate surface area is 169 Å². The molecule has 0 radical (unpaired) electrons. The lowest BCUT2D eigenvalue weighted by molar-refractivity contribution is -0.116. The molecular formula is C20H23F2N3O3S. The van der Waals surface area contributed by atoms with Crippen molar-refractivity contribution >= 4 is 27.3 Å². The zero-order chi connectivity index (χ0) is 21.0. The maximum Gasteiger partial charge on any atom is 0.240 e. The first kappa shape index (κ1) is 21.2. The molecule has 1 unspecified atom stereocenters. The van der Waals surface area contributed by atoms with Gasteiger partial charge >= 0.3 is 0 Å². The van der Waals surface area contributed by atoms with Gasteiger partial charge in [0.1, 0.15) is 0 Å². The lowest BCUT2D eigenvalue weighted by Gasteiger charge is -2.18. The second-order valence-corrected chi connectivity index (χ2v) is 8.93. The molecule has 1 saturated heterocycles. The SMILES string of the molecule is CC1CCN(c2ccc(NC(=O)CCNS(=O)(=O)c3ccc(F)c(F)c3)cc2)C1. The molecule has 156 valence electrons. The lowest BCUT2D eigenvalue weighted by atomic mass is 10.2.